The fourth-order valence-corrected chi connectivity index (χ4v) is 5.74. The van der Waals surface area contributed by atoms with Crippen LogP contribution in [0, 0.1) is 28.8 Å². The number of aromatic nitrogens is 1. The third-order valence-electron chi connectivity index (χ3n) is 7.81. The van der Waals surface area contributed by atoms with Crippen LogP contribution in [-0.4, -0.2) is 46.8 Å². The van der Waals surface area contributed by atoms with Gasteiger partial charge in [-0.05, 0) is 55.5 Å². The molecule has 2 aromatic rings. The van der Waals surface area contributed by atoms with E-state index in [9.17, 15) is 37.2 Å². The summed E-state index contributed by atoms with van der Waals surface area (Å²) in [7, 11) is 0. The first-order valence-electron chi connectivity index (χ1n) is 13.6. The minimum atomic E-state index is -2.96. The molecule has 8 nitrogen and oxygen atoms in total. The largest absolute Gasteiger partial charge is 0.351 e. The quantitative estimate of drug-likeness (QED) is 0.459. The van der Waals surface area contributed by atoms with E-state index < -0.39 is 83.4 Å². The number of nitrogens with zero attached hydrogens (tertiary/aromatic N) is 4. The Morgan fingerprint density at radius 1 is 1.16 bits per heavy atom. The van der Waals surface area contributed by atoms with E-state index in [1.807, 2.05) is 6.08 Å². The number of alkyl halides is 2. The second-order valence-corrected chi connectivity index (χ2v) is 10.8. The van der Waals surface area contributed by atoms with Crippen molar-refractivity contribution >= 4 is 29.2 Å². The molecule has 13 heteroatoms. The van der Waals surface area contributed by atoms with Crippen molar-refractivity contribution in [3.63, 3.8) is 0 Å². The smallest absolute Gasteiger partial charge is 0.252 e. The zero-order chi connectivity index (χ0) is 31.1. The molecule has 224 valence electrons. The van der Waals surface area contributed by atoms with Crippen molar-refractivity contribution in [2.75, 3.05) is 9.80 Å². The van der Waals surface area contributed by atoms with Crippen LogP contribution < -0.4 is 15.1 Å². The molecule has 0 bridgehead atoms. The van der Waals surface area contributed by atoms with Crippen molar-refractivity contribution in [2.24, 2.45) is 0 Å². The molecule has 1 aliphatic heterocycles. The van der Waals surface area contributed by atoms with Crippen LogP contribution in [0.4, 0.5) is 33.5 Å². The Bertz CT molecular complexity index is 1570. The molecule has 3 amide bonds. The average Bonchev–Trinajstić information content (AvgIpc) is 3.31. The van der Waals surface area contributed by atoms with Crippen LogP contribution >= 0.6 is 0 Å². The second-order valence-electron chi connectivity index (χ2n) is 10.8. The fourth-order valence-electron chi connectivity index (χ4n) is 5.74. The highest BCUT2D eigenvalue weighted by atomic mass is 19.3. The minimum Gasteiger partial charge on any atom is -0.351 e. The molecule has 1 saturated heterocycles. The van der Waals surface area contributed by atoms with Crippen molar-refractivity contribution in [3.05, 3.63) is 76.8 Å². The highest BCUT2D eigenvalue weighted by Gasteiger charge is 2.49. The minimum absolute atomic E-state index is 0.162. The van der Waals surface area contributed by atoms with E-state index >= 15 is 4.39 Å². The van der Waals surface area contributed by atoms with Crippen LogP contribution in [0.1, 0.15) is 51.0 Å². The van der Waals surface area contributed by atoms with Crippen molar-refractivity contribution in [1.29, 1.82) is 5.26 Å². The molecule has 2 aliphatic carbocycles. The number of allylic oxidation sites excluding steroid dienone is 3. The Kier molecular flexibility index (Phi) is 8.05. The highest BCUT2D eigenvalue weighted by Crippen LogP contribution is 2.39. The fraction of sp³-hybridized carbons (Fsp3) is 0.367. The van der Waals surface area contributed by atoms with Crippen molar-refractivity contribution in [1.82, 2.24) is 10.3 Å². The van der Waals surface area contributed by atoms with Crippen LogP contribution in [0.25, 0.3) is 0 Å². The van der Waals surface area contributed by atoms with E-state index in [0.717, 1.165) is 34.2 Å². The first kappa shape index (κ1) is 29.9. The van der Waals surface area contributed by atoms with Gasteiger partial charge in [-0.25, -0.2) is 26.9 Å². The summed E-state index contributed by atoms with van der Waals surface area (Å²) < 4.78 is 71.6. The third kappa shape index (κ3) is 5.86. The van der Waals surface area contributed by atoms with Gasteiger partial charge in [-0.2, -0.15) is 5.26 Å². The van der Waals surface area contributed by atoms with Crippen LogP contribution in [0.3, 0.4) is 0 Å². The maximum atomic E-state index is 15.2. The molecule has 0 radical (unpaired) electrons. The Morgan fingerprint density at radius 3 is 2.49 bits per heavy atom. The SMILES string of the molecule is CC1=C([C@@H](C(=O)NC2CC(F)(F)C2)N(C(=O)C2CCC(=O)N2c2nccc(C#N)c2F)c2cc(F)cc(F)c2)CCC=C1. The molecule has 1 N–H and O–H groups in total. The van der Waals surface area contributed by atoms with Gasteiger partial charge in [0.05, 0.1) is 11.3 Å². The molecule has 1 aromatic carbocycles. The average molecular weight is 600 g/mol. The molecule has 1 saturated carbocycles. The van der Waals surface area contributed by atoms with Crippen molar-refractivity contribution in [3.8, 4) is 6.07 Å². The van der Waals surface area contributed by atoms with Crippen LogP contribution in [0.5, 0.6) is 0 Å². The summed E-state index contributed by atoms with van der Waals surface area (Å²) in [6, 6.07) is 1.06. The van der Waals surface area contributed by atoms with Gasteiger partial charge in [0.1, 0.15) is 29.8 Å². The number of halogens is 5. The third-order valence-corrected chi connectivity index (χ3v) is 7.81. The first-order valence-corrected chi connectivity index (χ1v) is 13.6. The van der Waals surface area contributed by atoms with Gasteiger partial charge in [0.15, 0.2) is 11.6 Å². The van der Waals surface area contributed by atoms with Gasteiger partial charge in [-0.1, -0.05) is 12.2 Å². The number of benzene rings is 1. The van der Waals surface area contributed by atoms with E-state index in [2.05, 4.69) is 10.3 Å². The Hall–Kier alpha value is -4.60. The Labute approximate surface area is 243 Å². The molecule has 1 unspecified atom stereocenters. The topological polar surface area (TPSA) is 106 Å². The summed E-state index contributed by atoms with van der Waals surface area (Å²) in [5, 5.41) is 11.8. The van der Waals surface area contributed by atoms with E-state index in [-0.39, 0.29) is 24.9 Å². The lowest BCUT2D eigenvalue weighted by molar-refractivity contribution is -0.132. The van der Waals surface area contributed by atoms with E-state index in [4.69, 9.17) is 0 Å². The maximum Gasteiger partial charge on any atom is 0.252 e. The maximum absolute atomic E-state index is 15.2. The molecular weight excluding hydrogens is 573 g/mol. The number of hydrogen-bond donors (Lipinski definition) is 1. The molecule has 2 fully saturated rings. The van der Waals surface area contributed by atoms with Crippen LogP contribution in [0.15, 0.2) is 53.8 Å². The predicted molar refractivity (Wildman–Crippen MR) is 144 cm³/mol. The highest BCUT2D eigenvalue weighted by molar-refractivity contribution is 6.11. The Morgan fingerprint density at radius 2 is 1.86 bits per heavy atom. The molecular formula is C30H26F5N5O3. The summed E-state index contributed by atoms with van der Waals surface area (Å²) in [6.45, 7) is 1.68. The summed E-state index contributed by atoms with van der Waals surface area (Å²) in [6.07, 6.45) is 3.75. The summed E-state index contributed by atoms with van der Waals surface area (Å²) >= 11 is 0. The number of rotatable bonds is 7. The number of hydrogen-bond acceptors (Lipinski definition) is 5. The summed E-state index contributed by atoms with van der Waals surface area (Å²) in [4.78, 5) is 46.8. The zero-order valence-corrected chi connectivity index (χ0v) is 22.9. The number of nitriles is 1. The van der Waals surface area contributed by atoms with Gasteiger partial charge < -0.3 is 5.32 Å². The van der Waals surface area contributed by atoms with E-state index in [0.29, 0.717) is 23.6 Å². The molecule has 1 aromatic heterocycles. The lowest BCUT2D eigenvalue weighted by Crippen LogP contribution is -2.60. The lowest BCUT2D eigenvalue weighted by atomic mass is 9.86. The van der Waals surface area contributed by atoms with Crippen LogP contribution in [0.2, 0.25) is 0 Å². The van der Waals surface area contributed by atoms with Gasteiger partial charge in [0.25, 0.3) is 11.8 Å². The molecule has 3 aliphatic rings. The first-order chi connectivity index (χ1) is 20.4. The van der Waals surface area contributed by atoms with E-state index in [1.54, 1.807) is 19.1 Å². The molecule has 43 heavy (non-hydrogen) atoms. The normalized spacial score (nSPS) is 20.4. The van der Waals surface area contributed by atoms with E-state index in [1.165, 1.54) is 0 Å². The van der Waals surface area contributed by atoms with Gasteiger partial charge in [-0.15, -0.1) is 0 Å². The number of amides is 3. The van der Waals surface area contributed by atoms with Crippen LogP contribution in [-0.2, 0) is 14.4 Å². The van der Waals surface area contributed by atoms with Gasteiger partial charge >= 0.3 is 0 Å². The number of carbonyl (C=O) groups excluding carboxylic acids is 3. The van der Waals surface area contributed by atoms with Crippen molar-refractivity contribution in [2.45, 2.75) is 69.5 Å². The molecule has 2 heterocycles. The van der Waals surface area contributed by atoms with Crippen molar-refractivity contribution < 1.29 is 36.3 Å². The molecule has 5 rings (SSSR count). The monoisotopic (exact) mass is 599 g/mol. The number of carbonyl (C=O) groups is 3. The van der Waals surface area contributed by atoms with Gasteiger partial charge in [0, 0.05) is 37.6 Å². The second kappa shape index (κ2) is 11.6. The molecule has 2 atom stereocenters. The Balaban J connectivity index is 1.64. The standard InChI is InChI=1S/C30H26F5N5O3/c1-16-4-2-3-5-22(16)26(28(42)38-20-13-30(34,35)14-20)39(21-11-18(31)10-19(32)12-21)29(43)23-6-7-24(41)40(23)27-25(33)17(15-36)8-9-37-27/h2,4,8-12,20,23,26H,3,5-7,13-14H2,1H3,(H,38,42)/t23?,26-/m0/s1. The number of nitrogens with one attached hydrogen (secondary N) is 1. The number of pyridine rings is 1. The number of anilines is 2. The van der Waals surface area contributed by atoms with Gasteiger partial charge in [0.2, 0.25) is 11.8 Å². The molecule has 0 spiro atoms. The lowest BCUT2D eigenvalue weighted by Gasteiger charge is -2.40. The summed E-state index contributed by atoms with van der Waals surface area (Å²) in [5.74, 6) is -9.34. The predicted octanol–water partition coefficient (Wildman–Crippen LogP) is 4.85. The zero-order valence-electron chi connectivity index (χ0n) is 22.9. The van der Waals surface area contributed by atoms with Gasteiger partial charge in [-0.3, -0.25) is 24.2 Å². The summed E-state index contributed by atoms with van der Waals surface area (Å²) in [5.41, 5.74) is 0.184.